The molecule has 31 heavy (non-hydrogen) atoms. The molecule has 0 aliphatic rings. The third-order valence-corrected chi connectivity index (χ3v) is 5.05. The van der Waals surface area contributed by atoms with Crippen molar-refractivity contribution in [3.8, 4) is 10.6 Å². The summed E-state index contributed by atoms with van der Waals surface area (Å²) >= 11 is 1.21. The Balaban J connectivity index is 1.76. The molecule has 1 aromatic carbocycles. The zero-order valence-corrected chi connectivity index (χ0v) is 16.5. The Morgan fingerprint density at radius 1 is 1.13 bits per heavy atom. The van der Waals surface area contributed by atoms with E-state index in [2.05, 4.69) is 25.1 Å². The molecule has 0 bridgehead atoms. The van der Waals surface area contributed by atoms with Crippen molar-refractivity contribution in [3.05, 3.63) is 64.9 Å². The zero-order valence-electron chi connectivity index (χ0n) is 15.7. The van der Waals surface area contributed by atoms with Gasteiger partial charge >= 0.3 is 12.1 Å². The number of carbonyl (C=O) groups is 2. The topological polar surface area (TPSA) is 98.5 Å². The largest absolute Gasteiger partial charge is 0.465 e. The van der Waals surface area contributed by atoms with E-state index in [1.807, 2.05) is 0 Å². The molecule has 0 unspecified atom stereocenters. The molecule has 0 radical (unpaired) electrons. The maximum Gasteiger partial charge on any atom is 0.433 e. The Morgan fingerprint density at radius 3 is 2.58 bits per heavy atom. The summed E-state index contributed by atoms with van der Waals surface area (Å²) in [5.74, 6) is -2.53. The first-order valence-corrected chi connectivity index (χ1v) is 9.53. The van der Waals surface area contributed by atoms with Crippen LogP contribution in [0.3, 0.4) is 0 Å². The fourth-order valence-electron chi connectivity index (χ4n) is 2.78. The quantitative estimate of drug-likeness (QED) is 0.477. The minimum Gasteiger partial charge on any atom is -0.465 e. The number of esters is 1. The van der Waals surface area contributed by atoms with Gasteiger partial charge in [-0.15, -0.1) is 16.4 Å². The molecule has 0 aliphatic heterocycles. The van der Waals surface area contributed by atoms with Crippen LogP contribution in [0.4, 0.5) is 18.9 Å². The number of anilines is 1. The molecule has 12 heteroatoms. The molecule has 0 saturated heterocycles. The second-order valence-corrected chi connectivity index (χ2v) is 7.09. The van der Waals surface area contributed by atoms with E-state index in [1.54, 1.807) is 29.6 Å². The van der Waals surface area contributed by atoms with Crippen molar-refractivity contribution in [2.24, 2.45) is 0 Å². The van der Waals surface area contributed by atoms with Gasteiger partial charge < -0.3 is 10.1 Å². The van der Waals surface area contributed by atoms with Gasteiger partial charge in [-0.05, 0) is 29.6 Å². The van der Waals surface area contributed by atoms with Gasteiger partial charge in [-0.25, -0.2) is 9.78 Å². The molecular weight excluding hydrogens is 435 g/mol. The SMILES string of the molecule is COC(=O)c1ccccc1NC(=O)c1nc2nc(-c3cccs3)cc(C(F)(F)F)n2n1. The molecule has 1 amide bonds. The summed E-state index contributed by atoms with van der Waals surface area (Å²) in [6.45, 7) is 0. The van der Waals surface area contributed by atoms with Crippen molar-refractivity contribution in [1.82, 2.24) is 19.6 Å². The smallest absolute Gasteiger partial charge is 0.433 e. The van der Waals surface area contributed by atoms with Crippen molar-refractivity contribution in [2.75, 3.05) is 12.4 Å². The van der Waals surface area contributed by atoms with E-state index in [4.69, 9.17) is 0 Å². The Hall–Kier alpha value is -3.80. The fourth-order valence-corrected chi connectivity index (χ4v) is 3.46. The number of methoxy groups -OCH3 is 1. The van der Waals surface area contributed by atoms with Crippen LogP contribution >= 0.6 is 11.3 Å². The molecular formula is C19H12F3N5O3S. The lowest BCUT2D eigenvalue weighted by Gasteiger charge is -2.09. The third kappa shape index (κ3) is 3.97. The zero-order chi connectivity index (χ0) is 22.2. The minimum absolute atomic E-state index is 0.0604. The standard InChI is InChI=1S/C19H12F3N5O3S/c1-30-17(29)10-5-2-3-6-11(10)23-16(28)15-25-18-24-12(13-7-4-8-31-13)9-14(19(20,21)22)27(18)26-15/h2-9H,1H3,(H,23,28). The number of halogens is 3. The van der Waals surface area contributed by atoms with Crippen molar-refractivity contribution in [2.45, 2.75) is 6.18 Å². The molecule has 4 aromatic rings. The number of hydrogen-bond acceptors (Lipinski definition) is 7. The molecule has 0 atom stereocenters. The lowest BCUT2D eigenvalue weighted by atomic mass is 10.2. The van der Waals surface area contributed by atoms with E-state index in [1.165, 1.54) is 30.6 Å². The molecule has 158 valence electrons. The molecule has 8 nitrogen and oxygen atoms in total. The maximum atomic E-state index is 13.6. The van der Waals surface area contributed by atoms with Gasteiger partial charge in [0.1, 0.15) is 0 Å². The summed E-state index contributed by atoms with van der Waals surface area (Å²) < 4.78 is 46.0. The van der Waals surface area contributed by atoms with E-state index in [9.17, 15) is 22.8 Å². The van der Waals surface area contributed by atoms with E-state index in [0.717, 1.165) is 6.07 Å². The number of rotatable bonds is 4. The molecule has 0 spiro atoms. The van der Waals surface area contributed by atoms with Crippen LogP contribution in [-0.2, 0) is 10.9 Å². The van der Waals surface area contributed by atoms with Crippen LogP contribution in [-0.4, -0.2) is 38.6 Å². The maximum absolute atomic E-state index is 13.6. The van der Waals surface area contributed by atoms with Crippen LogP contribution in [0.5, 0.6) is 0 Å². The number of thiophene rings is 1. The van der Waals surface area contributed by atoms with Gasteiger partial charge in [-0.1, -0.05) is 18.2 Å². The fraction of sp³-hybridized carbons (Fsp3) is 0.105. The highest BCUT2D eigenvalue weighted by atomic mass is 32.1. The van der Waals surface area contributed by atoms with E-state index >= 15 is 0 Å². The van der Waals surface area contributed by atoms with Gasteiger partial charge in [0.2, 0.25) is 5.82 Å². The van der Waals surface area contributed by atoms with E-state index in [0.29, 0.717) is 9.39 Å². The normalized spacial score (nSPS) is 11.5. The van der Waals surface area contributed by atoms with Crippen LogP contribution in [0.25, 0.3) is 16.3 Å². The highest BCUT2D eigenvalue weighted by molar-refractivity contribution is 7.13. The summed E-state index contributed by atoms with van der Waals surface area (Å²) in [5.41, 5.74) is -0.898. The average Bonchev–Trinajstić information content (AvgIpc) is 3.42. The van der Waals surface area contributed by atoms with Crippen molar-refractivity contribution in [3.63, 3.8) is 0 Å². The first-order valence-electron chi connectivity index (χ1n) is 8.65. The summed E-state index contributed by atoms with van der Waals surface area (Å²) in [7, 11) is 1.18. The van der Waals surface area contributed by atoms with Crippen molar-refractivity contribution in [1.29, 1.82) is 0 Å². The first-order chi connectivity index (χ1) is 14.8. The first kappa shape index (κ1) is 20.5. The second kappa shape index (κ2) is 7.80. The third-order valence-electron chi connectivity index (χ3n) is 4.16. The Morgan fingerprint density at radius 2 is 1.90 bits per heavy atom. The monoisotopic (exact) mass is 447 g/mol. The number of fused-ring (bicyclic) bond motifs is 1. The van der Waals surface area contributed by atoms with Gasteiger partial charge in [-0.2, -0.15) is 22.7 Å². The van der Waals surface area contributed by atoms with Crippen LogP contribution in [0, 0.1) is 0 Å². The van der Waals surface area contributed by atoms with Gasteiger partial charge in [0.05, 0.1) is 28.9 Å². The summed E-state index contributed by atoms with van der Waals surface area (Å²) in [5, 5.41) is 7.81. The van der Waals surface area contributed by atoms with Crippen LogP contribution in [0.2, 0.25) is 0 Å². The number of nitrogens with one attached hydrogen (secondary N) is 1. The minimum atomic E-state index is -4.76. The predicted molar refractivity (Wildman–Crippen MR) is 105 cm³/mol. The number of nitrogens with zero attached hydrogens (tertiary/aromatic N) is 4. The van der Waals surface area contributed by atoms with Gasteiger partial charge in [0.15, 0.2) is 5.69 Å². The van der Waals surface area contributed by atoms with Crippen molar-refractivity contribution >= 4 is 34.7 Å². The predicted octanol–water partition coefficient (Wildman–Crippen LogP) is 3.91. The molecule has 1 N–H and O–H groups in total. The van der Waals surface area contributed by atoms with Crippen molar-refractivity contribution < 1.29 is 27.5 Å². The summed E-state index contributed by atoms with van der Waals surface area (Å²) in [6, 6.07) is 10.1. The lowest BCUT2D eigenvalue weighted by molar-refractivity contribution is -0.142. The lowest BCUT2D eigenvalue weighted by Crippen LogP contribution is -2.17. The number of aromatic nitrogens is 4. The Kier molecular flexibility index (Phi) is 5.15. The summed E-state index contributed by atoms with van der Waals surface area (Å²) in [6.07, 6.45) is -4.76. The van der Waals surface area contributed by atoms with Crippen LogP contribution in [0.1, 0.15) is 26.7 Å². The number of carbonyl (C=O) groups excluding carboxylic acids is 2. The van der Waals surface area contributed by atoms with Gasteiger partial charge in [-0.3, -0.25) is 4.79 Å². The van der Waals surface area contributed by atoms with E-state index < -0.39 is 29.6 Å². The number of benzene rings is 1. The number of para-hydroxylation sites is 1. The molecule has 0 fully saturated rings. The molecule has 0 saturated carbocycles. The van der Waals surface area contributed by atoms with Gasteiger partial charge in [0.25, 0.3) is 11.7 Å². The number of hydrogen-bond donors (Lipinski definition) is 1. The highest BCUT2D eigenvalue weighted by Crippen LogP contribution is 2.33. The van der Waals surface area contributed by atoms with E-state index in [-0.39, 0.29) is 22.7 Å². The van der Waals surface area contributed by atoms with Gasteiger partial charge in [0, 0.05) is 0 Å². The molecule has 3 heterocycles. The Bertz CT molecular complexity index is 1280. The molecule has 3 aromatic heterocycles. The second-order valence-electron chi connectivity index (χ2n) is 6.14. The summed E-state index contributed by atoms with van der Waals surface area (Å²) in [4.78, 5) is 32.9. The average molecular weight is 447 g/mol. The Labute approximate surface area is 176 Å². The highest BCUT2D eigenvalue weighted by Gasteiger charge is 2.36. The van der Waals surface area contributed by atoms with Crippen LogP contribution < -0.4 is 5.32 Å². The van der Waals surface area contributed by atoms with Crippen LogP contribution in [0.15, 0.2) is 47.8 Å². The number of ether oxygens (including phenoxy) is 1. The number of amides is 1. The number of alkyl halides is 3. The molecule has 0 aliphatic carbocycles. The molecule has 4 rings (SSSR count).